The number of hydrogen-bond donors (Lipinski definition) is 0. The van der Waals surface area contributed by atoms with Crippen LogP contribution in [0, 0.1) is 0 Å². The molecule has 1 heterocycles. The number of hydrogen-bond acceptors (Lipinski definition) is 2. The van der Waals surface area contributed by atoms with Crippen LogP contribution in [-0.2, 0) is 0 Å². The van der Waals surface area contributed by atoms with Gasteiger partial charge in [-0.1, -0.05) is 152 Å². The smallest absolute Gasteiger partial charge is 0.0547 e. The fourth-order valence-electron chi connectivity index (χ4n) is 8.89. The van der Waals surface area contributed by atoms with Crippen molar-refractivity contribution < 1.29 is 0 Å². The van der Waals surface area contributed by atoms with Crippen molar-refractivity contribution in [2.45, 2.75) is 0 Å². The maximum absolute atomic E-state index is 2.41. The second-order valence-electron chi connectivity index (χ2n) is 15.0. The summed E-state index contributed by atoms with van der Waals surface area (Å²) < 4.78 is 2.41. The van der Waals surface area contributed by atoms with E-state index in [2.05, 4.69) is 251 Å². The molecule has 3 heteroatoms. The Morgan fingerprint density at radius 1 is 0.288 bits per heavy atom. The average molecular weight is 754 g/mol. The topological polar surface area (TPSA) is 11.4 Å². The molecule has 10 aromatic carbocycles. The highest BCUT2D eigenvalue weighted by Crippen LogP contribution is 2.43. The lowest BCUT2D eigenvalue weighted by molar-refractivity contribution is 1.17. The van der Waals surface area contributed by atoms with Gasteiger partial charge >= 0.3 is 0 Å². The summed E-state index contributed by atoms with van der Waals surface area (Å²) in [4.78, 5) is 4.72. The number of aromatic nitrogens is 1. The summed E-state index contributed by atoms with van der Waals surface area (Å²) in [6.45, 7) is 0. The molecule has 0 aliphatic heterocycles. The lowest BCUT2D eigenvalue weighted by Gasteiger charge is -2.27. The molecular weight excluding hydrogens is 715 g/mol. The Labute approximate surface area is 343 Å². The Kier molecular flexibility index (Phi) is 8.49. The molecule has 0 atom stereocenters. The molecule has 11 aromatic rings. The molecule has 0 radical (unpaired) electrons. The van der Waals surface area contributed by atoms with Gasteiger partial charge in [0.1, 0.15) is 0 Å². The molecule has 0 saturated heterocycles. The van der Waals surface area contributed by atoms with Gasteiger partial charge < -0.3 is 14.4 Å². The van der Waals surface area contributed by atoms with Gasteiger partial charge in [0.2, 0.25) is 0 Å². The lowest BCUT2D eigenvalue weighted by atomic mass is 9.99. The zero-order chi connectivity index (χ0) is 39.1. The van der Waals surface area contributed by atoms with Crippen LogP contribution in [0.25, 0.3) is 60.2 Å². The van der Waals surface area contributed by atoms with Gasteiger partial charge in [-0.05, 0) is 107 Å². The molecule has 0 bridgehead atoms. The number of para-hydroxylation sites is 3. The van der Waals surface area contributed by atoms with E-state index in [1.165, 1.54) is 54.5 Å². The van der Waals surface area contributed by atoms with Gasteiger partial charge in [0, 0.05) is 50.0 Å². The highest BCUT2D eigenvalue weighted by atomic mass is 15.1. The largest absolute Gasteiger partial charge is 0.310 e. The van der Waals surface area contributed by atoms with E-state index in [0.29, 0.717) is 0 Å². The van der Waals surface area contributed by atoms with E-state index < -0.39 is 0 Å². The van der Waals surface area contributed by atoms with Crippen molar-refractivity contribution in [1.82, 2.24) is 4.57 Å². The second kappa shape index (κ2) is 14.6. The molecule has 278 valence electrons. The third-order valence-electron chi connectivity index (χ3n) is 11.5. The Balaban J connectivity index is 1.01. The molecule has 59 heavy (non-hydrogen) atoms. The van der Waals surface area contributed by atoms with Crippen LogP contribution in [0.4, 0.5) is 34.1 Å². The van der Waals surface area contributed by atoms with E-state index in [4.69, 9.17) is 0 Å². The van der Waals surface area contributed by atoms with E-state index in [-0.39, 0.29) is 0 Å². The standard InChI is InChI=1S/C56H39N3/c1-3-20-43(21-4-1)57(52-29-13-18-40-16-7-9-24-48(40)52)45-34-32-42(33-35-45)50-27-15-31-55-56(50)51-26-11-12-28-54(51)59(55)47-38-36-46(37-39-47)58(44-22-5-2-6-23-44)53-30-14-19-41-17-8-10-25-49(41)53/h1-39H. The molecule has 0 amide bonds. The molecule has 1 aromatic heterocycles. The van der Waals surface area contributed by atoms with Gasteiger partial charge in [0.25, 0.3) is 0 Å². The van der Waals surface area contributed by atoms with Crippen LogP contribution in [0.3, 0.4) is 0 Å². The Bertz CT molecular complexity index is 3250. The third kappa shape index (κ3) is 6.00. The van der Waals surface area contributed by atoms with Crippen molar-refractivity contribution >= 4 is 77.5 Å². The predicted molar refractivity (Wildman–Crippen MR) is 251 cm³/mol. The highest BCUT2D eigenvalue weighted by Gasteiger charge is 2.20. The van der Waals surface area contributed by atoms with E-state index in [9.17, 15) is 0 Å². The quantitative estimate of drug-likeness (QED) is 0.153. The molecule has 0 aliphatic carbocycles. The number of nitrogens with zero attached hydrogens (tertiary/aromatic N) is 3. The summed E-state index contributed by atoms with van der Waals surface area (Å²) in [6, 6.07) is 85.2. The number of rotatable bonds is 8. The van der Waals surface area contributed by atoms with E-state index in [1.807, 2.05) is 0 Å². The molecule has 0 fully saturated rings. The summed E-state index contributed by atoms with van der Waals surface area (Å²) in [5.74, 6) is 0. The van der Waals surface area contributed by atoms with Crippen molar-refractivity contribution in [2.24, 2.45) is 0 Å². The first-order valence-electron chi connectivity index (χ1n) is 20.2. The lowest BCUT2D eigenvalue weighted by Crippen LogP contribution is -2.10. The molecule has 0 aliphatic rings. The zero-order valence-electron chi connectivity index (χ0n) is 32.4. The second-order valence-corrected chi connectivity index (χ2v) is 15.0. The Morgan fingerprint density at radius 3 is 1.29 bits per heavy atom. The van der Waals surface area contributed by atoms with Gasteiger partial charge in [0.15, 0.2) is 0 Å². The van der Waals surface area contributed by atoms with Crippen molar-refractivity contribution in [3.05, 3.63) is 237 Å². The fourth-order valence-corrected chi connectivity index (χ4v) is 8.89. The van der Waals surface area contributed by atoms with Crippen LogP contribution >= 0.6 is 0 Å². The van der Waals surface area contributed by atoms with Crippen molar-refractivity contribution in [2.75, 3.05) is 9.80 Å². The molecule has 0 unspecified atom stereocenters. The minimum absolute atomic E-state index is 1.10. The van der Waals surface area contributed by atoms with E-state index in [1.54, 1.807) is 0 Å². The van der Waals surface area contributed by atoms with Gasteiger partial charge in [-0.25, -0.2) is 0 Å². The summed E-state index contributed by atoms with van der Waals surface area (Å²) in [7, 11) is 0. The van der Waals surface area contributed by atoms with Crippen LogP contribution in [0.1, 0.15) is 0 Å². The average Bonchev–Trinajstić information content (AvgIpc) is 3.65. The predicted octanol–water partition coefficient (Wildman–Crippen LogP) is 15.7. The summed E-state index contributed by atoms with van der Waals surface area (Å²) in [5, 5.41) is 7.35. The monoisotopic (exact) mass is 753 g/mol. The number of benzene rings is 10. The molecular formula is C56H39N3. The fraction of sp³-hybridized carbons (Fsp3) is 0. The number of anilines is 6. The summed E-state index contributed by atoms with van der Waals surface area (Å²) in [5.41, 5.74) is 12.6. The van der Waals surface area contributed by atoms with Gasteiger partial charge in [0.05, 0.1) is 22.4 Å². The Hall–Kier alpha value is -7.88. The van der Waals surface area contributed by atoms with Crippen LogP contribution in [0.2, 0.25) is 0 Å². The minimum Gasteiger partial charge on any atom is -0.310 e. The Morgan fingerprint density at radius 2 is 0.712 bits per heavy atom. The van der Waals surface area contributed by atoms with Crippen LogP contribution in [0.15, 0.2) is 237 Å². The molecule has 0 N–H and O–H groups in total. The van der Waals surface area contributed by atoms with Crippen molar-refractivity contribution in [3.8, 4) is 16.8 Å². The van der Waals surface area contributed by atoms with Crippen molar-refractivity contribution in [3.63, 3.8) is 0 Å². The zero-order valence-corrected chi connectivity index (χ0v) is 32.4. The normalized spacial score (nSPS) is 11.4. The van der Waals surface area contributed by atoms with Gasteiger partial charge in [-0.15, -0.1) is 0 Å². The molecule has 3 nitrogen and oxygen atoms in total. The van der Waals surface area contributed by atoms with E-state index >= 15 is 0 Å². The minimum atomic E-state index is 1.10. The first kappa shape index (κ1) is 34.4. The van der Waals surface area contributed by atoms with Gasteiger partial charge in [-0.3, -0.25) is 0 Å². The first-order chi connectivity index (χ1) is 29.3. The maximum Gasteiger partial charge on any atom is 0.0547 e. The SMILES string of the molecule is c1ccc(N(c2ccc(-c3cccc4c3c3ccccc3n4-c3ccc(N(c4ccccc4)c4cccc5ccccc45)cc3)cc2)c2cccc3ccccc23)cc1. The van der Waals surface area contributed by atoms with Gasteiger partial charge in [-0.2, -0.15) is 0 Å². The van der Waals surface area contributed by atoms with E-state index in [0.717, 1.165) is 39.8 Å². The van der Waals surface area contributed by atoms with Crippen LogP contribution in [0.5, 0.6) is 0 Å². The molecule has 0 spiro atoms. The number of fused-ring (bicyclic) bond motifs is 5. The van der Waals surface area contributed by atoms with Crippen molar-refractivity contribution in [1.29, 1.82) is 0 Å². The summed E-state index contributed by atoms with van der Waals surface area (Å²) in [6.07, 6.45) is 0. The third-order valence-corrected chi connectivity index (χ3v) is 11.5. The molecule has 11 rings (SSSR count). The first-order valence-corrected chi connectivity index (χ1v) is 20.2. The van der Waals surface area contributed by atoms with Crippen LogP contribution < -0.4 is 9.80 Å². The highest BCUT2D eigenvalue weighted by molar-refractivity contribution is 6.16. The maximum atomic E-state index is 2.41. The van der Waals surface area contributed by atoms with Crippen LogP contribution in [-0.4, -0.2) is 4.57 Å². The molecule has 0 saturated carbocycles. The summed E-state index contributed by atoms with van der Waals surface area (Å²) >= 11 is 0.